The summed E-state index contributed by atoms with van der Waals surface area (Å²) >= 11 is 0. The Balaban J connectivity index is 1.86. The van der Waals surface area contributed by atoms with Crippen molar-refractivity contribution in [3.8, 4) is 0 Å². The van der Waals surface area contributed by atoms with Gasteiger partial charge in [-0.3, -0.25) is 25.0 Å². The van der Waals surface area contributed by atoms with Crippen molar-refractivity contribution in [1.29, 1.82) is 0 Å². The minimum Gasteiger partial charge on any atom is -0.452 e. The molecule has 2 rings (SSSR count). The average molecular weight is 328 g/mol. The highest BCUT2D eigenvalue weighted by molar-refractivity contribution is 6.05. The highest BCUT2D eigenvalue weighted by atomic mass is 16.6. The van der Waals surface area contributed by atoms with Crippen LogP contribution in [0.3, 0.4) is 0 Å². The summed E-state index contributed by atoms with van der Waals surface area (Å²) in [6, 6.07) is 12.8. The summed E-state index contributed by atoms with van der Waals surface area (Å²) in [5.74, 6) is -2.21. The molecule has 2 aromatic rings. The predicted octanol–water partition coefficient (Wildman–Crippen LogP) is 1.71. The van der Waals surface area contributed by atoms with E-state index >= 15 is 0 Å². The second-order valence-corrected chi connectivity index (χ2v) is 4.62. The standard InChI is InChI=1S/C16H12N2O6/c19-14(17-15(20)11-4-2-1-3-5-11)10-24-16(21)12-6-8-13(9-7-12)18(22)23/h1-9H,10H2,(H,17,19,20). The fraction of sp³-hybridized carbons (Fsp3) is 0.0625. The Morgan fingerprint density at radius 1 is 0.958 bits per heavy atom. The van der Waals surface area contributed by atoms with Gasteiger partial charge in [0.15, 0.2) is 6.61 Å². The lowest BCUT2D eigenvalue weighted by atomic mass is 10.2. The van der Waals surface area contributed by atoms with E-state index in [0.717, 1.165) is 12.1 Å². The minimum atomic E-state index is -0.827. The van der Waals surface area contributed by atoms with Gasteiger partial charge < -0.3 is 4.74 Å². The van der Waals surface area contributed by atoms with Gasteiger partial charge in [-0.05, 0) is 24.3 Å². The maximum atomic E-state index is 11.7. The third-order valence-corrected chi connectivity index (χ3v) is 2.94. The molecule has 0 aliphatic heterocycles. The number of rotatable bonds is 5. The molecule has 0 aromatic heterocycles. The number of non-ortho nitro benzene ring substituents is 1. The van der Waals surface area contributed by atoms with Crippen LogP contribution in [0.1, 0.15) is 20.7 Å². The molecule has 8 nitrogen and oxygen atoms in total. The van der Waals surface area contributed by atoms with E-state index in [0.29, 0.717) is 5.56 Å². The Labute approximate surface area is 136 Å². The number of ether oxygens (including phenoxy) is 1. The van der Waals surface area contributed by atoms with Gasteiger partial charge in [0.2, 0.25) is 0 Å². The molecule has 0 unspecified atom stereocenters. The predicted molar refractivity (Wildman–Crippen MR) is 82.3 cm³/mol. The summed E-state index contributed by atoms with van der Waals surface area (Å²) in [6.45, 7) is -0.644. The van der Waals surface area contributed by atoms with E-state index < -0.39 is 29.3 Å². The summed E-state index contributed by atoms with van der Waals surface area (Å²) in [5, 5.41) is 12.6. The summed E-state index contributed by atoms with van der Waals surface area (Å²) in [4.78, 5) is 45.0. The van der Waals surface area contributed by atoms with E-state index in [9.17, 15) is 24.5 Å². The number of amides is 2. The van der Waals surface area contributed by atoms with Crippen LogP contribution in [0.15, 0.2) is 54.6 Å². The van der Waals surface area contributed by atoms with Crippen LogP contribution in [0.4, 0.5) is 5.69 Å². The van der Waals surface area contributed by atoms with Gasteiger partial charge in [-0.2, -0.15) is 0 Å². The van der Waals surface area contributed by atoms with E-state index in [1.807, 2.05) is 0 Å². The third kappa shape index (κ3) is 4.47. The van der Waals surface area contributed by atoms with Crippen LogP contribution < -0.4 is 5.32 Å². The lowest BCUT2D eigenvalue weighted by Crippen LogP contribution is -2.34. The number of esters is 1. The SMILES string of the molecule is O=C(COC(=O)c1ccc([N+](=O)[O-])cc1)NC(=O)c1ccccc1. The van der Waals surface area contributed by atoms with Crippen LogP contribution in [0.25, 0.3) is 0 Å². The van der Waals surface area contributed by atoms with Gasteiger partial charge >= 0.3 is 5.97 Å². The van der Waals surface area contributed by atoms with Crippen molar-refractivity contribution in [1.82, 2.24) is 5.32 Å². The first-order chi connectivity index (χ1) is 11.5. The zero-order valence-electron chi connectivity index (χ0n) is 12.3. The number of nitrogens with zero attached hydrogens (tertiary/aromatic N) is 1. The summed E-state index contributed by atoms with van der Waals surface area (Å²) in [5.41, 5.74) is 0.188. The number of nitrogens with one attached hydrogen (secondary N) is 1. The molecule has 0 bridgehead atoms. The molecule has 24 heavy (non-hydrogen) atoms. The number of hydrogen-bond donors (Lipinski definition) is 1. The molecular weight excluding hydrogens is 316 g/mol. The van der Waals surface area contributed by atoms with Gasteiger partial charge in [0.1, 0.15) is 0 Å². The average Bonchev–Trinajstić information content (AvgIpc) is 2.60. The van der Waals surface area contributed by atoms with Gasteiger partial charge in [-0.1, -0.05) is 18.2 Å². The molecular formula is C16H12N2O6. The van der Waals surface area contributed by atoms with Crippen molar-refractivity contribution >= 4 is 23.5 Å². The van der Waals surface area contributed by atoms with Crippen LogP contribution in [0.2, 0.25) is 0 Å². The zero-order chi connectivity index (χ0) is 17.5. The Bertz CT molecular complexity index is 771. The molecule has 0 aliphatic carbocycles. The van der Waals surface area contributed by atoms with Crippen molar-refractivity contribution in [2.24, 2.45) is 0 Å². The van der Waals surface area contributed by atoms with Gasteiger partial charge in [0, 0.05) is 17.7 Å². The topological polar surface area (TPSA) is 116 Å². The zero-order valence-corrected chi connectivity index (χ0v) is 12.3. The highest BCUT2D eigenvalue weighted by Gasteiger charge is 2.14. The second kappa shape index (κ2) is 7.63. The van der Waals surface area contributed by atoms with E-state index in [4.69, 9.17) is 4.74 Å². The first kappa shape index (κ1) is 16.8. The van der Waals surface area contributed by atoms with Gasteiger partial charge in [-0.25, -0.2) is 4.79 Å². The smallest absolute Gasteiger partial charge is 0.338 e. The second-order valence-electron chi connectivity index (χ2n) is 4.62. The van der Waals surface area contributed by atoms with Crippen molar-refractivity contribution in [3.63, 3.8) is 0 Å². The Morgan fingerprint density at radius 3 is 2.17 bits per heavy atom. The minimum absolute atomic E-state index is 0.0581. The van der Waals surface area contributed by atoms with Gasteiger partial charge in [0.25, 0.3) is 17.5 Å². The normalized spacial score (nSPS) is 9.83. The van der Waals surface area contributed by atoms with Crippen LogP contribution in [0.5, 0.6) is 0 Å². The summed E-state index contributed by atoms with van der Waals surface area (Å²) in [7, 11) is 0. The largest absolute Gasteiger partial charge is 0.452 e. The summed E-state index contributed by atoms with van der Waals surface area (Å²) in [6.07, 6.45) is 0. The van der Waals surface area contributed by atoms with E-state index in [-0.39, 0.29) is 11.3 Å². The quantitative estimate of drug-likeness (QED) is 0.507. The number of nitro groups is 1. The number of hydrogen-bond acceptors (Lipinski definition) is 6. The molecule has 8 heteroatoms. The lowest BCUT2D eigenvalue weighted by molar-refractivity contribution is -0.384. The molecule has 0 heterocycles. The maximum Gasteiger partial charge on any atom is 0.338 e. The van der Waals surface area contributed by atoms with E-state index in [1.165, 1.54) is 24.3 Å². The number of carbonyl (C=O) groups excluding carboxylic acids is 3. The van der Waals surface area contributed by atoms with Crippen LogP contribution in [-0.2, 0) is 9.53 Å². The van der Waals surface area contributed by atoms with Crippen molar-refractivity contribution in [2.45, 2.75) is 0 Å². The molecule has 0 fully saturated rings. The molecule has 0 spiro atoms. The molecule has 0 saturated carbocycles. The molecule has 0 radical (unpaired) electrons. The molecule has 2 amide bonds. The van der Waals surface area contributed by atoms with Gasteiger partial charge in [0.05, 0.1) is 10.5 Å². The van der Waals surface area contributed by atoms with Crippen LogP contribution in [-0.4, -0.2) is 29.3 Å². The highest BCUT2D eigenvalue weighted by Crippen LogP contribution is 2.12. The van der Waals surface area contributed by atoms with E-state index in [2.05, 4.69) is 5.32 Å². The van der Waals surface area contributed by atoms with Crippen LogP contribution >= 0.6 is 0 Å². The first-order valence-corrected chi connectivity index (χ1v) is 6.78. The molecule has 1 N–H and O–H groups in total. The number of carbonyl (C=O) groups is 3. The lowest BCUT2D eigenvalue weighted by Gasteiger charge is -2.06. The molecule has 122 valence electrons. The molecule has 0 aliphatic rings. The maximum absolute atomic E-state index is 11.7. The van der Waals surface area contributed by atoms with Crippen molar-refractivity contribution in [2.75, 3.05) is 6.61 Å². The molecule has 0 atom stereocenters. The Morgan fingerprint density at radius 2 is 1.58 bits per heavy atom. The number of nitro benzene ring substituents is 1. The summed E-state index contributed by atoms with van der Waals surface area (Å²) < 4.78 is 4.75. The van der Waals surface area contributed by atoms with E-state index in [1.54, 1.807) is 18.2 Å². The van der Waals surface area contributed by atoms with Crippen LogP contribution in [0, 0.1) is 10.1 Å². The Hall–Kier alpha value is -3.55. The third-order valence-electron chi connectivity index (χ3n) is 2.94. The number of imide groups is 1. The van der Waals surface area contributed by atoms with Crippen molar-refractivity contribution < 1.29 is 24.0 Å². The van der Waals surface area contributed by atoms with Gasteiger partial charge in [-0.15, -0.1) is 0 Å². The Kier molecular flexibility index (Phi) is 5.35. The fourth-order valence-electron chi connectivity index (χ4n) is 1.76. The fourth-order valence-corrected chi connectivity index (χ4v) is 1.76. The monoisotopic (exact) mass is 328 g/mol. The first-order valence-electron chi connectivity index (χ1n) is 6.78. The molecule has 2 aromatic carbocycles. The number of benzene rings is 2. The molecule has 0 saturated heterocycles. The van der Waals surface area contributed by atoms with Crippen molar-refractivity contribution in [3.05, 3.63) is 75.8 Å².